The molecule has 0 aromatic heterocycles. The minimum absolute atomic E-state index is 0.309. The van der Waals surface area contributed by atoms with Gasteiger partial charge in [0.15, 0.2) is 11.5 Å². The fourth-order valence-electron chi connectivity index (χ4n) is 2.50. The molecule has 1 aromatic carbocycles. The van der Waals surface area contributed by atoms with Gasteiger partial charge in [-0.25, -0.2) is 0 Å². The molecule has 0 spiro atoms. The zero-order valence-electron chi connectivity index (χ0n) is 13.2. The minimum atomic E-state index is 0.309. The van der Waals surface area contributed by atoms with Crippen LogP contribution in [0.3, 0.4) is 0 Å². The van der Waals surface area contributed by atoms with Crippen LogP contribution in [0.25, 0.3) is 0 Å². The number of nitrogens with zero attached hydrogens (tertiary/aromatic N) is 1. The number of nitrogens with one attached hydrogen (secondary N) is 1. The summed E-state index contributed by atoms with van der Waals surface area (Å²) in [6.07, 6.45) is 0. The third-order valence-electron chi connectivity index (χ3n) is 3.89. The van der Waals surface area contributed by atoms with Crippen LogP contribution in [0.15, 0.2) is 18.2 Å². The van der Waals surface area contributed by atoms with Crippen molar-refractivity contribution in [2.45, 2.75) is 13.0 Å². The Morgan fingerprint density at radius 3 is 2.57 bits per heavy atom. The summed E-state index contributed by atoms with van der Waals surface area (Å²) < 4.78 is 10.6. The zero-order chi connectivity index (χ0) is 15.1. The first-order chi connectivity index (χ1) is 10.2. The molecule has 118 valence electrons. The second-order valence-corrected chi connectivity index (χ2v) is 6.47. The van der Waals surface area contributed by atoms with Crippen molar-refractivity contribution < 1.29 is 9.47 Å². The molecule has 1 saturated heterocycles. The predicted octanol–water partition coefficient (Wildman–Crippen LogP) is 2.40. The monoisotopic (exact) mass is 310 g/mol. The molecule has 1 heterocycles. The molecule has 0 radical (unpaired) electrons. The summed E-state index contributed by atoms with van der Waals surface area (Å²) in [4.78, 5) is 2.53. The van der Waals surface area contributed by atoms with Gasteiger partial charge < -0.3 is 19.7 Å². The van der Waals surface area contributed by atoms with Gasteiger partial charge in [0.25, 0.3) is 0 Å². The van der Waals surface area contributed by atoms with Gasteiger partial charge in [0.05, 0.1) is 14.2 Å². The highest BCUT2D eigenvalue weighted by molar-refractivity contribution is 7.99. The lowest BCUT2D eigenvalue weighted by Gasteiger charge is -2.27. The van der Waals surface area contributed by atoms with E-state index < -0.39 is 0 Å². The summed E-state index contributed by atoms with van der Waals surface area (Å²) in [5.41, 5.74) is 1.22. The standard InChI is InChI=1S/C16H26N2O2S/c1-13(17-6-7-18-8-10-21-11-9-18)14-4-5-15(19-2)16(12-14)20-3/h4-5,12-13,17H,6-11H2,1-3H3. The van der Waals surface area contributed by atoms with Crippen LogP contribution in [0.5, 0.6) is 11.5 Å². The van der Waals surface area contributed by atoms with Gasteiger partial charge >= 0.3 is 0 Å². The molecule has 0 saturated carbocycles. The van der Waals surface area contributed by atoms with Gasteiger partial charge in [-0.15, -0.1) is 0 Å². The molecule has 1 aliphatic rings. The Kier molecular flexibility index (Phi) is 6.67. The van der Waals surface area contributed by atoms with Crippen molar-refractivity contribution in [3.05, 3.63) is 23.8 Å². The number of hydrogen-bond donors (Lipinski definition) is 1. The first-order valence-corrected chi connectivity index (χ1v) is 8.65. The third-order valence-corrected chi connectivity index (χ3v) is 4.83. The fraction of sp³-hybridized carbons (Fsp3) is 0.625. The van der Waals surface area contributed by atoms with Crippen molar-refractivity contribution in [3.8, 4) is 11.5 Å². The lowest BCUT2D eigenvalue weighted by Crippen LogP contribution is -2.38. The van der Waals surface area contributed by atoms with Gasteiger partial charge in [-0.1, -0.05) is 6.07 Å². The van der Waals surface area contributed by atoms with E-state index in [-0.39, 0.29) is 0 Å². The summed E-state index contributed by atoms with van der Waals surface area (Å²) in [7, 11) is 3.34. The molecule has 5 heteroatoms. The van der Waals surface area contributed by atoms with Crippen molar-refractivity contribution in [3.63, 3.8) is 0 Å². The molecule has 1 fully saturated rings. The van der Waals surface area contributed by atoms with Crippen LogP contribution in [-0.4, -0.2) is 56.8 Å². The minimum Gasteiger partial charge on any atom is -0.493 e. The number of rotatable bonds is 7. The Bertz CT molecular complexity index is 436. The van der Waals surface area contributed by atoms with E-state index in [0.29, 0.717) is 6.04 Å². The first-order valence-electron chi connectivity index (χ1n) is 7.50. The van der Waals surface area contributed by atoms with Crippen molar-refractivity contribution >= 4 is 11.8 Å². The van der Waals surface area contributed by atoms with Crippen LogP contribution < -0.4 is 14.8 Å². The molecule has 0 aliphatic carbocycles. The van der Waals surface area contributed by atoms with E-state index in [9.17, 15) is 0 Å². The lowest BCUT2D eigenvalue weighted by molar-refractivity contribution is 0.296. The molecular weight excluding hydrogens is 284 g/mol. The SMILES string of the molecule is COc1ccc(C(C)NCCN2CCSCC2)cc1OC. The lowest BCUT2D eigenvalue weighted by atomic mass is 10.1. The van der Waals surface area contributed by atoms with Crippen molar-refractivity contribution in [2.24, 2.45) is 0 Å². The van der Waals surface area contributed by atoms with Crippen LogP contribution in [0.2, 0.25) is 0 Å². The summed E-state index contributed by atoms with van der Waals surface area (Å²) in [5, 5.41) is 3.59. The van der Waals surface area contributed by atoms with Gasteiger partial charge in [-0.2, -0.15) is 11.8 Å². The van der Waals surface area contributed by atoms with E-state index in [0.717, 1.165) is 24.6 Å². The Hall–Kier alpha value is -0.910. The molecule has 21 heavy (non-hydrogen) atoms. The van der Waals surface area contributed by atoms with Crippen molar-refractivity contribution in [1.29, 1.82) is 0 Å². The van der Waals surface area contributed by atoms with Crippen LogP contribution in [0.1, 0.15) is 18.5 Å². The third kappa shape index (κ3) is 4.80. The summed E-state index contributed by atoms with van der Waals surface area (Å²) >= 11 is 2.06. The molecule has 4 nitrogen and oxygen atoms in total. The molecule has 1 N–H and O–H groups in total. The maximum atomic E-state index is 5.36. The number of methoxy groups -OCH3 is 2. The molecule has 0 bridgehead atoms. The topological polar surface area (TPSA) is 33.7 Å². The number of benzene rings is 1. The highest BCUT2D eigenvalue weighted by Crippen LogP contribution is 2.29. The van der Waals surface area contributed by atoms with E-state index in [1.165, 1.54) is 30.2 Å². The molecule has 1 unspecified atom stereocenters. The Morgan fingerprint density at radius 1 is 1.19 bits per heavy atom. The Morgan fingerprint density at radius 2 is 1.90 bits per heavy atom. The highest BCUT2D eigenvalue weighted by atomic mass is 32.2. The van der Waals surface area contributed by atoms with Gasteiger partial charge in [0.1, 0.15) is 0 Å². The van der Waals surface area contributed by atoms with Gasteiger partial charge in [0.2, 0.25) is 0 Å². The van der Waals surface area contributed by atoms with E-state index in [1.54, 1.807) is 14.2 Å². The van der Waals surface area contributed by atoms with Crippen molar-refractivity contribution in [1.82, 2.24) is 10.2 Å². The van der Waals surface area contributed by atoms with Crippen LogP contribution in [0.4, 0.5) is 0 Å². The molecule has 2 rings (SSSR count). The maximum Gasteiger partial charge on any atom is 0.161 e. The van der Waals surface area contributed by atoms with Crippen molar-refractivity contribution in [2.75, 3.05) is 51.9 Å². The Labute approximate surface area is 132 Å². The molecule has 0 amide bonds. The second-order valence-electron chi connectivity index (χ2n) is 5.24. The predicted molar refractivity (Wildman–Crippen MR) is 89.7 cm³/mol. The van der Waals surface area contributed by atoms with Crippen LogP contribution in [-0.2, 0) is 0 Å². The largest absolute Gasteiger partial charge is 0.493 e. The van der Waals surface area contributed by atoms with Gasteiger partial charge in [-0.3, -0.25) is 0 Å². The average Bonchev–Trinajstić information content (AvgIpc) is 2.55. The highest BCUT2D eigenvalue weighted by Gasteiger charge is 2.12. The maximum absolute atomic E-state index is 5.36. The van der Waals surface area contributed by atoms with Crippen LogP contribution >= 0.6 is 11.8 Å². The smallest absolute Gasteiger partial charge is 0.161 e. The normalized spacial score (nSPS) is 17.5. The number of thioether (sulfide) groups is 1. The average molecular weight is 310 g/mol. The fourth-order valence-corrected chi connectivity index (χ4v) is 3.48. The number of ether oxygens (including phenoxy) is 2. The van der Waals surface area contributed by atoms with E-state index in [1.807, 2.05) is 12.1 Å². The van der Waals surface area contributed by atoms with E-state index >= 15 is 0 Å². The molecule has 1 atom stereocenters. The Balaban J connectivity index is 1.83. The quantitative estimate of drug-likeness (QED) is 0.836. The summed E-state index contributed by atoms with van der Waals surface area (Å²) in [6, 6.07) is 6.42. The zero-order valence-corrected chi connectivity index (χ0v) is 14.0. The summed E-state index contributed by atoms with van der Waals surface area (Å²) in [6.45, 7) is 6.76. The van der Waals surface area contributed by atoms with E-state index in [4.69, 9.17) is 9.47 Å². The van der Waals surface area contributed by atoms with Gasteiger partial charge in [0, 0.05) is 43.7 Å². The number of hydrogen-bond acceptors (Lipinski definition) is 5. The summed E-state index contributed by atoms with van der Waals surface area (Å²) in [5.74, 6) is 4.10. The van der Waals surface area contributed by atoms with Gasteiger partial charge in [-0.05, 0) is 24.6 Å². The van der Waals surface area contributed by atoms with Crippen LogP contribution in [0, 0.1) is 0 Å². The molecule has 1 aromatic rings. The van der Waals surface area contributed by atoms with E-state index in [2.05, 4.69) is 35.0 Å². The molecule has 1 aliphatic heterocycles. The first kappa shape index (κ1) is 16.5. The molecular formula is C16H26N2O2S. The second kappa shape index (κ2) is 8.51.